The molecule has 1 heterocycles. The second-order valence-corrected chi connectivity index (χ2v) is 9.13. The minimum atomic E-state index is 0.355. The number of benzene rings is 5. The zero-order chi connectivity index (χ0) is 27.5. The number of nitrogens with zero attached hydrogens (tertiary/aromatic N) is 1. The largest absolute Gasteiger partial charge is 0.457 e. The van der Waals surface area contributed by atoms with Gasteiger partial charge in [-0.2, -0.15) is 0 Å². The van der Waals surface area contributed by atoms with Gasteiger partial charge in [0.2, 0.25) is 5.89 Å². The van der Waals surface area contributed by atoms with Crippen molar-refractivity contribution in [2.24, 2.45) is 0 Å². The molecule has 0 aliphatic heterocycles. The highest BCUT2D eigenvalue weighted by Gasteiger charge is 2.25. The molecule has 6 aromatic rings. The Morgan fingerprint density at radius 3 is 1.65 bits per heavy atom. The molecule has 0 amide bonds. The molecule has 0 spiro atoms. The SMILES string of the molecule is Nc1ccc(-c2nc(-c3ccccc3N)oc2-c2ccc(N)cc2Oc2ccccc2)c(Oc2ccccc2)c1. The van der Waals surface area contributed by atoms with Crippen LogP contribution < -0.4 is 26.7 Å². The lowest BCUT2D eigenvalue weighted by atomic mass is 10.0. The van der Waals surface area contributed by atoms with Gasteiger partial charge in [0.1, 0.15) is 28.7 Å². The Balaban J connectivity index is 1.56. The van der Waals surface area contributed by atoms with Crippen molar-refractivity contribution in [3.63, 3.8) is 0 Å². The fraction of sp³-hybridized carbons (Fsp3) is 0. The normalized spacial score (nSPS) is 10.8. The number of hydrogen-bond donors (Lipinski definition) is 3. The van der Waals surface area contributed by atoms with Crippen molar-refractivity contribution >= 4 is 17.1 Å². The number of nitrogens with two attached hydrogens (primary N) is 3. The number of nitrogen functional groups attached to an aromatic ring is 3. The molecule has 5 aromatic carbocycles. The molecule has 0 bridgehead atoms. The third-order valence-corrected chi connectivity index (χ3v) is 6.27. The molecule has 7 nitrogen and oxygen atoms in total. The van der Waals surface area contributed by atoms with Crippen LogP contribution in [0.25, 0.3) is 34.0 Å². The Kier molecular flexibility index (Phi) is 6.52. The molecule has 196 valence electrons. The second kappa shape index (κ2) is 10.6. The molecular weight excluding hydrogens is 500 g/mol. The number of oxazole rings is 1. The molecule has 0 atom stereocenters. The lowest BCUT2D eigenvalue weighted by Gasteiger charge is -2.14. The van der Waals surface area contributed by atoms with Crippen LogP contribution in [0.5, 0.6) is 23.0 Å². The van der Waals surface area contributed by atoms with Gasteiger partial charge in [0.05, 0.1) is 11.1 Å². The summed E-state index contributed by atoms with van der Waals surface area (Å²) in [6.07, 6.45) is 0. The van der Waals surface area contributed by atoms with Crippen LogP contribution in [0, 0.1) is 0 Å². The van der Waals surface area contributed by atoms with Gasteiger partial charge < -0.3 is 31.1 Å². The third-order valence-electron chi connectivity index (χ3n) is 6.27. The summed E-state index contributed by atoms with van der Waals surface area (Å²) in [4.78, 5) is 4.94. The predicted octanol–water partition coefficient (Wildman–Crippen LogP) is 8.01. The van der Waals surface area contributed by atoms with Crippen LogP contribution in [0.1, 0.15) is 0 Å². The van der Waals surface area contributed by atoms with Crippen molar-refractivity contribution in [1.82, 2.24) is 4.98 Å². The van der Waals surface area contributed by atoms with Gasteiger partial charge in [0, 0.05) is 34.8 Å². The molecule has 0 saturated carbocycles. The fourth-order valence-corrected chi connectivity index (χ4v) is 4.35. The topological polar surface area (TPSA) is 123 Å². The van der Waals surface area contributed by atoms with Crippen LogP contribution in [0.3, 0.4) is 0 Å². The van der Waals surface area contributed by atoms with E-state index in [0.717, 1.165) is 0 Å². The van der Waals surface area contributed by atoms with Crippen molar-refractivity contribution in [1.29, 1.82) is 0 Å². The zero-order valence-corrected chi connectivity index (χ0v) is 21.5. The molecule has 7 heteroatoms. The number of rotatable bonds is 7. The summed E-state index contributed by atoms with van der Waals surface area (Å²) >= 11 is 0. The van der Waals surface area contributed by atoms with Crippen LogP contribution in [0.15, 0.2) is 126 Å². The van der Waals surface area contributed by atoms with Crippen LogP contribution in [-0.4, -0.2) is 4.98 Å². The van der Waals surface area contributed by atoms with Gasteiger partial charge in [-0.1, -0.05) is 48.5 Å². The smallest absolute Gasteiger partial charge is 0.229 e. The average Bonchev–Trinajstić information content (AvgIpc) is 3.39. The Labute approximate surface area is 231 Å². The molecule has 0 saturated heterocycles. The Hall–Kier alpha value is -5.69. The van der Waals surface area contributed by atoms with Gasteiger partial charge in [0.25, 0.3) is 0 Å². The minimum absolute atomic E-state index is 0.355. The molecule has 6 rings (SSSR count). The van der Waals surface area contributed by atoms with E-state index in [1.165, 1.54) is 0 Å². The van der Waals surface area contributed by atoms with Crippen molar-refractivity contribution < 1.29 is 13.9 Å². The number of ether oxygens (including phenoxy) is 2. The van der Waals surface area contributed by atoms with Gasteiger partial charge in [-0.05, 0) is 60.7 Å². The summed E-state index contributed by atoms with van der Waals surface area (Å²) < 4.78 is 19.0. The third kappa shape index (κ3) is 5.04. The van der Waals surface area contributed by atoms with E-state index in [1.807, 2.05) is 91.0 Å². The van der Waals surface area contributed by atoms with E-state index in [9.17, 15) is 0 Å². The summed E-state index contributed by atoms with van der Waals surface area (Å²) in [7, 11) is 0. The molecule has 40 heavy (non-hydrogen) atoms. The maximum Gasteiger partial charge on any atom is 0.229 e. The first kappa shape index (κ1) is 24.6. The first-order valence-electron chi connectivity index (χ1n) is 12.7. The highest BCUT2D eigenvalue weighted by Crippen LogP contribution is 2.45. The second-order valence-electron chi connectivity index (χ2n) is 9.13. The molecule has 1 aromatic heterocycles. The van der Waals surface area contributed by atoms with Crippen molar-refractivity contribution in [3.05, 3.63) is 121 Å². The molecular formula is C33H26N4O3. The lowest BCUT2D eigenvalue weighted by molar-refractivity contribution is 0.481. The highest BCUT2D eigenvalue weighted by atomic mass is 16.5. The number of aromatic nitrogens is 1. The summed E-state index contributed by atoms with van der Waals surface area (Å²) in [6.45, 7) is 0. The van der Waals surface area contributed by atoms with Gasteiger partial charge in [-0.25, -0.2) is 4.98 Å². The Morgan fingerprint density at radius 1 is 0.525 bits per heavy atom. The van der Waals surface area contributed by atoms with E-state index < -0.39 is 0 Å². The molecule has 0 fully saturated rings. The van der Waals surface area contributed by atoms with E-state index in [1.54, 1.807) is 30.3 Å². The number of anilines is 3. The van der Waals surface area contributed by atoms with Crippen LogP contribution in [0.2, 0.25) is 0 Å². The van der Waals surface area contributed by atoms with Gasteiger partial charge in [-0.3, -0.25) is 0 Å². The van der Waals surface area contributed by atoms with Crippen LogP contribution in [0.4, 0.5) is 17.1 Å². The maximum atomic E-state index is 6.48. The lowest BCUT2D eigenvalue weighted by Crippen LogP contribution is -1.95. The summed E-state index contributed by atoms with van der Waals surface area (Å²) in [5, 5.41) is 0. The van der Waals surface area contributed by atoms with Crippen LogP contribution in [-0.2, 0) is 0 Å². The number of para-hydroxylation sites is 3. The highest BCUT2D eigenvalue weighted by molar-refractivity contribution is 5.87. The quantitative estimate of drug-likeness (QED) is 0.180. The van der Waals surface area contributed by atoms with Crippen molar-refractivity contribution in [2.75, 3.05) is 17.2 Å². The molecule has 6 N–H and O–H groups in total. The van der Waals surface area contributed by atoms with Crippen molar-refractivity contribution in [3.8, 4) is 57.0 Å². The predicted molar refractivity (Wildman–Crippen MR) is 159 cm³/mol. The fourth-order valence-electron chi connectivity index (χ4n) is 4.35. The average molecular weight is 527 g/mol. The molecule has 0 radical (unpaired) electrons. The zero-order valence-electron chi connectivity index (χ0n) is 21.5. The molecule has 0 aliphatic rings. The molecule has 0 unspecified atom stereocenters. The minimum Gasteiger partial charge on any atom is -0.457 e. The van der Waals surface area contributed by atoms with Crippen molar-refractivity contribution in [2.45, 2.75) is 0 Å². The van der Waals surface area contributed by atoms with Gasteiger partial charge >= 0.3 is 0 Å². The summed E-state index contributed by atoms with van der Waals surface area (Å²) in [5.41, 5.74) is 22.8. The summed E-state index contributed by atoms with van der Waals surface area (Å²) in [6, 6.07) is 37.2. The summed E-state index contributed by atoms with van der Waals surface area (Å²) in [5.74, 6) is 3.17. The first-order chi connectivity index (χ1) is 19.5. The van der Waals surface area contributed by atoms with E-state index in [4.69, 9.17) is 36.1 Å². The Morgan fingerprint density at radius 2 is 1.05 bits per heavy atom. The monoisotopic (exact) mass is 526 g/mol. The molecule has 0 aliphatic carbocycles. The first-order valence-corrected chi connectivity index (χ1v) is 12.7. The van der Waals surface area contributed by atoms with E-state index in [-0.39, 0.29) is 0 Å². The number of hydrogen-bond acceptors (Lipinski definition) is 7. The van der Waals surface area contributed by atoms with E-state index in [0.29, 0.717) is 74.1 Å². The van der Waals surface area contributed by atoms with Gasteiger partial charge in [-0.15, -0.1) is 0 Å². The standard InChI is InChI=1S/C33H26N4O3/c34-21-15-17-26(29(19-21)38-23-9-3-1-4-10-23)31-32(40-33(37-31)25-13-7-8-14-28(25)36)27-18-16-22(35)20-30(27)39-24-11-5-2-6-12-24/h1-20H,34-36H2. The van der Waals surface area contributed by atoms with Gasteiger partial charge in [0.15, 0.2) is 5.76 Å². The van der Waals surface area contributed by atoms with E-state index in [2.05, 4.69) is 0 Å². The van der Waals surface area contributed by atoms with Crippen LogP contribution >= 0.6 is 0 Å². The van der Waals surface area contributed by atoms with E-state index >= 15 is 0 Å². The Bertz CT molecular complexity index is 1670. The maximum absolute atomic E-state index is 6.48.